The van der Waals surface area contributed by atoms with Crippen LogP contribution in [0.15, 0.2) is 12.1 Å². The molecule has 2 rings (SSSR count). The summed E-state index contributed by atoms with van der Waals surface area (Å²) in [4.78, 5) is 4.06. The number of aryl methyl sites for hydroxylation is 1. The maximum atomic E-state index is 13.4. The van der Waals surface area contributed by atoms with Crippen molar-refractivity contribution in [3.8, 4) is 0 Å². The van der Waals surface area contributed by atoms with Gasteiger partial charge < -0.3 is 5.73 Å². The molecular weight excluding hydrogens is 198 g/mol. The molecule has 0 spiro atoms. The molecule has 0 bridgehead atoms. The van der Waals surface area contributed by atoms with Gasteiger partial charge in [-0.25, -0.2) is 13.8 Å². The van der Waals surface area contributed by atoms with Gasteiger partial charge in [0.15, 0.2) is 5.82 Å². The standard InChI is InChI=1S/C11H10F2N2/c1-5-6(2)15-11-8(10(5)14)3-7(12)4-9(11)13/h3-4H,1-2H3,(H2,14,15). The lowest BCUT2D eigenvalue weighted by Gasteiger charge is -2.08. The third kappa shape index (κ3) is 1.42. The lowest BCUT2D eigenvalue weighted by Crippen LogP contribution is -1.99. The molecule has 78 valence electrons. The van der Waals surface area contributed by atoms with Gasteiger partial charge in [0.25, 0.3) is 0 Å². The highest BCUT2D eigenvalue weighted by Crippen LogP contribution is 2.27. The first-order valence-electron chi connectivity index (χ1n) is 4.52. The van der Waals surface area contributed by atoms with Crippen LogP contribution in [-0.4, -0.2) is 4.98 Å². The zero-order valence-corrected chi connectivity index (χ0v) is 8.44. The Morgan fingerprint density at radius 1 is 1.20 bits per heavy atom. The maximum absolute atomic E-state index is 13.4. The number of aromatic nitrogens is 1. The topological polar surface area (TPSA) is 38.9 Å². The molecule has 0 amide bonds. The maximum Gasteiger partial charge on any atom is 0.152 e. The summed E-state index contributed by atoms with van der Waals surface area (Å²) >= 11 is 0. The summed E-state index contributed by atoms with van der Waals surface area (Å²) in [6.45, 7) is 3.52. The van der Waals surface area contributed by atoms with Gasteiger partial charge in [-0.05, 0) is 25.5 Å². The van der Waals surface area contributed by atoms with Crippen molar-refractivity contribution in [2.75, 3.05) is 5.73 Å². The van der Waals surface area contributed by atoms with E-state index >= 15 is 0 Å². The molecule has 2 N–H and O–H groups in total. The lowest BCUT2D eigenvalue weighted by molar-refractivity contribution is 0.590. The van der Waals surface area contributed by atoms with Crippen LogP contribution in [-0.2, 0) is 0 Å². The zero-order valence-electron chi connectivity index (χ0n) is 8.44. The highest BCUT2D eigenvalue weighted by molar-refractivity contribution is 5.92. The van der Waals surface area contributed by atoms with Crippen LogP contribution in [0.1, 0.15) is 11.3 Å². The molecule has 0 saturated heterocycles. The number of fused-ring (bicyclic) bond motifs is 1. The first-order chi connectivity index (χ1) is 7.00. The van der Waals surface area contributed by atoms with Crippen LogP contribution in [0.2, 0.25) is 0 Å². The fourth-order valence-electron chi connectivity index (χ4n) is 1.53. The molecule has 1 heterocycles. The molecule has 2 aromatic rings. The van der Waals surface area contributed by atoms with E-state index in [0.717, 1.165) is 11.6 Å². The third-order valence-corrected chi connectivity index (χ3v) is 2.54. The summed E-state index contributed by atoms with van der Waals surface area (Å²) in [5.74, 6) is -1.32. The second-order valence-electron chi connectivity index (χ2n) is 3.52. The van der Waals surface area contributed by atoms with E-state index in [1.54, 1.807) is 13.8 Å². The monoisotopic (exact) mass is 208 g/mol. The first kappa shape index (κ1) is 9.83. The first-order valence-corrected chi connectivity index (χ1v) is 4.52. The molecule has 0 aliphatic carbocycles. The lowest BCUT2D eigenvalue weighted by atomic mass is 10.1. The summed E-state index contributed by atoms with van der Waals surface area (Å²) in [5.41, 5.74) is 7.71. The number of halogens is 2. The second-order valence-corrected chi connectivity index (χ2v) is 3.52. The number of nitrogens with zero attached hydrogens (tertiary/aromatic N) is 1. The smallest absolute Gasteiger partial charge is 0.152 e. The molecule has 0 aliphatic heterocycles. The fourth-order valence-corrected chi connectivity index (χ4v) is 1.53. The molecular formula is C11H10F2N2. The van der Waals surface area contributed by atoms with Crippen molar-refractivity contribution in [3.05, 3.63) is 35.0 Å². The van der Waals surface area contributed by atoms with Crippen LogP contribution in [0.4, 0.5) is 14.5 Å². The number of anilines is 1. The number of nitrogens with two attached hydrogens (primary N) is 1. The van der Waals surface area contributed by atoms with Crippen molar-refractivity contribution in [1.29, 1.82) is 0 Å². The fraction of sp³-hybridized carbons (Fsp3) is 0.182. The van der Waals surface area contributed by atoms with E-state index in [1.807, 2.05) is 0 Å². The van der Waals surface area contributed by atoms with E-state index < -0.39 is 11.6 Å². The van der Waals surface area contributed by atoms with E-state index in [0.29, 0.717) is 16.8 Å². The minimum Gasteiger partial charge on any atom is -0.398 e. The molecule has 0 fully saturated rings. The van der Waals surface area contributed by atoms with E-state index in [4.69, 9.17) is 5.73 Å². The average molecular weight is 208 g/mol. The van der Waals surface area contributed by atoms with Crippen molar-refractivity contribution in [2.45, 2.75) is 13.8 Å². The molecule has 1 aromatic heterocycles. The van der Waals surface area contributed by atoms with Gasteiger partial charge in [-0.3, -0.25) is 0 Å². The minimum absolute atomic E-state index is 0.122. The largest absolute Gasteiger partial charge is 0.398 e. The van der Waals surface area contributed by atoms with Gasteiger partial charge in [-0.1, -0.05) is 0 Å². The Morgan fingerprint density at radius 2 is 1.87 bits per heavy atom. The zero-order chi connectivity index (χ0) is 11.2. The molecule has 0 unspecified atom stereocenters. The Labute approximate surface area is 85.7 Å². The molecule has 0 saturated carbocycles. The van der Waals surface area contributed by atoms with Gasteiger partial charge in [0.2, 0.25) is 0 Å². The molecule has 1 aromatic carbocycles. The number of nitrogen functional groups attached to an aromatic ring is 1. The predicted molar refractivity (Wildman–Crippen MR) is 55.5 cm³/mol. The molecule has 0 atom stereocenters. The quantitative estimate of drug-likeness (QED) is 0.722. The number of benzene rings is 1. The van der Waals surface area contributed by atoms with Crippen molar-refractivity contribution >= 4 is 16.6 Å². The van der Waals surface area contributed by atoms with E-state index in [9.17, 15) is 8.78 Å². The number of hydrogen-bond donors (Lipinski definition) is 1. The normalized spacial score (nSPS) is 10.9. The van der Waals surface area contributed by atoms with Gasteiger partial charge in [-0.2, -0.15) is 0 Å². The number of hydrogen-bond acceptors (Lipinski definition) is 2. The Bertz CT molecular complexity index is 550. The highest BCUT2D eigenvalue weighted by atomic mass is 19.1. The van der Waals surface area contributed by atoms with Gasteiger partial charge in [0.05, 0.1) is 0 Å². The summed E-state index contributed by atoms with van der Waals surface area (Å²) in [6.07, 6.45) is 0. The molecule has 0 aliphatic rings. The second kappa shape index (κ2) is 3.15. The molecule has 15 heavy (non-hydrogen) atoms. The van der Waals surface area contributed by atoms with E-state index in [-0.39, 0.29) is 5.52 Å². The van der Waals surface area contributed by atoms with Gasteiger partial charge in [-0.15, -0.1) is 0 Å². The van der Waals surface area contributed by atoms with Crippen molar-refractivity contribution in [2.24, 2.45) is 0 Å². The Hall–Kier alpha value is -1.71. The van der Waals surface area contributed by atoms with Crippen molar-refractivity contribution in [3.63, 3.8) is 0 Å². The van der Waals surface area contributed by atoms with Gasteiger partial charge >= 0.3 is 0 Å². The predicted octanol–water partition coefficient (Wildman–Crippen LogP) is 2.71. The summed E-state index contributed by atoms with van der Waals surface area (Å²) in [5, 5.41) is 0.329. The summed E-state index contributed by atoms with van der Waals surface area (Å²) < 4.78 is 26.4. The average Bonchev–Trinajstić information content (AvgIpc) is 2.17. The Balaban J connectivity index is 2.98. The van der Waals surface area contributed by atoms with Crippen LogP contribution in [0.3, 0.4) is 0 Å². The van der Waals surface area contributed by atoms with Gasteiger partial charge in [0.1, 0.15) is 11.3 Å². The Kier molecular flexibility index (Phi) is 2.07. The summed E-state index contributed by atoms with van der Waals surface area (Å²) in [7, 11) is 0. The van der Waals surface area contributed by atoms with Crippen LogP contribution < -0.4 is 5.73 Å². The van der Waals surface area contributed by atoms with Crippen molar-refractivity contribution < 1.29 is 8.78 Å². The van der Waals surface area contributed by atoms with Crippen LogP contribution in [0.5, 0.6) is 0 Å². The summed E-state index contributed by atoms with van der Waals surface area (Å²) in [6, 6.07) is 2.01. The molecule has 2 nitrogen and oxygen atoms in total. The highest BCUT2D eigenvalue weighted by Gasteiger charge is 2.11. The van der Waals surface area contributed by atoms with Gasteiger partial charge in [0, 0.05) is 22.8 Å². The Morgan fingerprint density at radius 3 is 2.53 bits per heavy atom. The number of pyridine rings is 1. The van der Waals surface area contributed by atoms with Crippen molar-refractivity contribution in [1.82, 2.24) is 4.98 Å². The van der Waals surface area contributed by atoms with Crippen LogP contribution in [0.25, 0.3) is 10.9 Å². The van der Waals surface area contributed by atoms with Crippen LogP contribution in [0, 0.1) is 25.5 Å². The minimum atomic E-state index is -0.681. The third-order valence-electron chi connectivity index (χ3n) is 2.54. The van der Waals surface area contributed by atoms with Crippen LogP contribution >= 0.6 is 0 Å². The van der Waals surface area contributed by atoms with E-state index in [2.05, 4.69) is 4.98 Å². The number of rotatable bonds is 0. The molecule has 4 heteroatoms. The van der Waals surface area contributed by atoms with E-state index in [1.165, 1.54) is 6.07 Å². The molecule has 0 radical (unpaired) electrons. The SMILES string of the molecule is Cc1nc2c(F)cc(F)cc2c(N)c1C.